The highest BCUT2D eigenvalue weighted by molar-refractivity contribution is 7.17. The first-order chi connectivity index (χ1) is 14.8. The third-order valence-electron chi connectivity index (χ3n) is 4.88. The first kappa shape index (κ1) is 21.0. The Kier molecular flexibility index (Phi) is 5.73. The minimum Gasteiger partial charge on any atom is -0.488 e. The van der Waals surface area contributed by atoms with Crippen molar-refractivity contribution in [1.82, 2.24) is 14.5 Å². The number of aromatic nitrogens is 3. The number of nitrogens with zero attached hydrogens (tertiary/aromatic N) is 2. The van der Waals surface area contributed by atoms with E-state index in [0.29, 0.717) is 34.3 Å². The van der Waals surface area contributed by atoms with Crippen LogP contribution in [0.2, 0.25) is 0 Å². The molecule has 3 heterocycles. The topological polar surface area (TPSA) is 77.0 Å². The molecular formula is C23H22FN3O3S. The molecule has 0 fully saturated rings. The third kappa shape index (κ3) is 4.29. The summed E-state index contributed by atoms with van der Waals surface area (Å²) in [6.07, 6.45) is 1.53. The number of hydrogen-bond acceptors (Lipinski definition) is 5. The van der Waals surface area contributed by atoms with Crippen molar-refractivity contribution in [2.75, 3.05) is 6.61 Å². The largest absolute Gasteiger partial charge is 0.488 e. The quantitative estimate of drug-likeness (QED) is 0.485. The number of rotatable bonds is 6. The summed E-state index contributed by atoms with van der Waals surface area (Å²) in [5.74, 6) is 0.774. The van der Waals surface area contributed by atoms with Crippen LogP contribution >= 0.6 is 11.3 Å². The van der Waals surface area contributed by atoms with Crippen molar-refractivity contribution in [3.63, 3.8) is 0 Å². The van der Waals surface area contributed by atoms with E-state index in [1.165, 1.54) is 40.3 Å². The van der Waals surface area contributed by atoms with E-state index < -0.39 is 0 Å². The zero-order chi connectivity index (χ0) is 22.1. The van der Waals surface area contributed by atoms with Gasteiger partial charge in [-0.15, -0.1) is 11.3 Å². The van der Waals surface area contributed by atoms with Gasteiger partial charge < -0.3 is 9.72 Å². The molecule has 1 N–H and O–H groups in total. The van der Waals surface area contributed by atoms with Crippen LogP contribution in [0.25, 0.3) is 21.3 Å². The molecule has 160 valence electrons. The lowest BCUT2D eigenvalue weighted by molar-refractivity contribution is 0.267. The van der Waals surface area contributed by atoms with Gasteiger partial charge in [-0.25, -0.2) is 9.37 Å². The summed E-state index contributed by atoms with van der Waals surface area (Å²) in [5, 5.41) is 2.35. The summed E-state index contributed by atoms with van der Waals surface area (Å²) in [6.45, 7) is 6.39. The molecule has 4 aromatic rings. The molecule has 31 heavy (non-hydrogen) atoms. The average Bonchev–Trinajstić information content (AvgIpc) is 3.14. The second kappa shape index (κ2) is 8.47. The van der Waals surface area contributed by atoms with Crippen molar-refractivity contribution in [2.45, 2.75) is 27.3 Å². The maximum atomic E-state index is 13.3. The Labute approximate surface area is 182 Å². The number of halogens is 1. The van der Waals surface area contributed by atoms with Crippen LogP contribution in [0, 0.1) is 18.7 Å². The van der Waals surface area contributed by atoms with E-state index in [2.05, 4.69) is 9.97 Å². The molecule has 4 rings (SSSR count). The molecule has 0 amide bonds. The predicted molar refractivity (Wildman–Crippen MR) is 121 cm³/mol. The fourth-order valence-corrected chi connectivity index (χ4v) is 4.27. The normalized spacial score (nSPS) is 11.4. The van der Waals surface area contributed by atoms with Gasteiger partial charge in [0, 0.05) is 28.9 Å². The number of aromatic amines is 1. The highest BCUT2D eigenvalue weighted by atomic mass is 32.1. The van der Waals surface area contributed by atoms with Crippen LogP contribution in [0.4, 0.5) is 4.39 Å². The van der Waals surface area contributed by atoms with Gasteiger partial charge in [-0.1, -0.05) is 26.0 Å². The fraction of sp³-hybridized carbons (Fsp3) is 0.261. The number of benzene rings is 1. The minimum atomic E-state index is -0.334. The van der Waals surface area contributed by atoms with Crippen LogP contribution in [0.15, 0.2) is 51.5 Å². The van der Waals surface area contributed by atoms with E-state index in [1.807, 2.05) is 19.2 Å². The number of ether oxygens (including phenoxy) is 1. The Hall–Kier alpha value is -3.26. The average molecular weight is 440 g/mol. The first-order valence-corrected chi connectivity index (χ1v) is 10.8. The predicted octanol–water partition coefficient (Wildman–Crippen LogP) is 4.34. The van der Waals surface area contributed by atoms with Gasteiger partial charge in [-0.05, 0) is 30.5 Å². The monoisotopic (exact) mass is 439 g/mol. The van der Waals surface area contributed by atoms with Gasteiger partial charge in [0.2, 0.25) is 5.43 Å². The molecule has 0 spiro atoms. The van der Waals surface area contributed by atoms with E-state index >= 15 is 0 Å². The Morgan fingerprint density at radius 3 is 2.65 bits per heavy atom. The van der Waals surface area contributed by atoms with Crippen molar-refractivity contribution in [2.24, 2.45) is 5.92 Å². The van der Waals surface area contributed by atoms with Gasteiger partial charge in [-0.2, -0.15) is 0 Å². The molecular weight excluding hydrogens is 417 g/mol. The Bertz CT molecular complexity index is 1350. The molecule has 0 aliphatic rings. The molecule has 0 radical (unpaired) electrons. The van der Waals surface area contributed by atoms with Crippen LogP contribution in [-0.2, 0) is 6.54 Å². The number of thiophene rings is 1. The first-order valence-electron chi connectivity index (χ1n) is 9.92. The smallest absolute Gasteiger partial charge is 0.263 e. The van der Waals surface area contributed by atoms with E-state index in [9.17, 15) is 14.0 Å². The van der Waals surface area contributed by atoms with Gasteiger partial charge in [0.05, 0.1) is 18.5 Å². The molecule has 0 saturated carbocycles. The highest BCUT2D eigenvalue weighted by Crippen LogP contribution is 2.31. The second-order valence-electron chi connectivity index (χ2n) is 7.78. The van der Waals surface area contributed by atoms with E-state index in [0.717, 1.165) is 11.1 Å². The Morgan fingerprint density at radius 1 is 1.23 bits per heavy atom. The summed E-state index contributed by atoms with van der Waals surface area (Å²) in [6, 6.07) is 7.47. The molecule has 0 aliphatic heterocycles. The lowest BCUT2D eigenvalue weighted by Gasteiger charge is -2.12. The van der Waals surface area contributed by atoms with Crippen LogP contribution in [-0.4, -0.2) is 21.1 Å². The maximum Gasteiger partial charge on any atom is 0.263 e. The number of pyridine rings is 1. The summed E-state index contributed by atoms with van der Waals surface area (Å²) in [7, 11) is 0. The molecule has 8 heteroatoms. The van der Waals surface area contributed by atoms with Gasteiger partial charge in [0.15, 0.2) is 5.75 Å². The minimum absolute atomic E-state index is 0.173. The molecule has 6 nitrogen and oxygen atoms in total. The van der Waals surface area contributed by atoms with Crippen LogP contribution in [0.1, 0.15) is 25.4 Å². The zero-order valence-electron chi connectivity index (χ0n) is 17.4. The molecule has 0 atom stereocenters. The Morgan fingerprint density at radius 2 is 1.97 bits per heavy atom. The summed E-state index contributed by atoms with van der Waals surface area (Å²) >= 11 is 1.38. The highest BCUT2D eigenvalue weighted by Gasteiger charge is 2.16. The Balaban J connectivity index is 1.72. The van der Waals surface area contributed by atoms with Crippen molar-refractivity contribution in [1.29, 1.82) is 0 Å². The lowest BCUT2D eigenvalue weighted by atomic mass is 10.1. The summed E-state index contributed by atoms with van der Waals surface area (Å²) in [4.78, 5) is 34.0. The molecule has 3 aromatic heterocycles. The molecule has 0 unspecified atom stereocenters. The zero-order valence-corrected chi connectivity index (χ0v) is 18.3. The van der Waals surface area contributed by atoms with Crippen molar-refractivity contribution >= 4 is 21.6 Å². The van der Waals surface area contributed by atoms with Gasteiger partial charge >= 0.3 is 0 Å². The van der Waals surface area contributed by atoms with E-state index in [1.54, 1.807) is 19.1 Å². The molecule has 0 bridgehead atoms. The van der Waals surface area contributed by atoms with Crippen molar-refractivity contribution in [3.05, 3.63) is 79.8 Å². The molecule has 0 saturated heterocycles. The summed E-state index contributed by atoms with van der Waals surface area (Å²) < 4.78 is 20.4. The molecule has 0 aliphatic carbocycles. The number of H-pyrrole nitrogens is 1. The van der Waals surface area contributed by atoms with Crippen LogP contribution < -0.4 is 15.7 Å². The van der Waals surface area contributed by atoms with E-state index in [-0.39, 0.29) is 29.1 Å². The number of nitrogens with one attached hydrogen (secondary N) is 1. The van der Waals surface area contributed by atoms with Crippen molar-refractivity contribution < 1.29 is 9.13 Å². The number of hydrogen-bond donors (Lipinski definition) is 1. The van der Waals surface area contributed by atoms with Crippen LogP contribution in [0.3, 0.4) is 0 Å². The standard InChI is InChI=1S/C23H22FN3O3S/c1-13(2)11-30-20-9-25-17(8-19(20)28)10-27-14(3)26-22-21(23(27)29)18(12-31-22)15-4-6-16(24)7-5-15/h4-9,12-13H,10-11H2,1-3H3,(H,25,28). The van der Waals surface area contributed by atoms with Gasteiger partial charge in [0.1, 0.15) is 16.5 Å². The number of fused-ring (bicyclic) bond motifs is 1. The number of aryl methyl sites for hydroxylation is 1. The van der Waals surface area contributed by atoms with Gasteiger partial charge in [-0.3, -0.25) is 14.2 Å². The fourth-order valence-electron chi connectivity index (χ4n) is 3.29. The second-order valence-corrected chi connectivity index (χ2v) is 8.64. The maximum absolute atomic E-state index is 13.3. The SMILES string of the molecule is Cc1nc2scc(-c3ccc(F)cc3)c2c(=O)n1Cc1cc(=O)c(OCC(C)C)c[nH]1. The van der Waals surface area contributed by atoms with Gasteiger partial charge in [0.25, 0.3) is 5.56 Å². The summed E-state index contributed by atoms with van der Waals surface area (Å²) in [5.41, 5.74) is 1.60. The van der Waals surface area contributed by atoms with Crippen molar-refractivity contribution in [3.8, 4) is 16.9 Å². The van der Waals surface area contributed by atoms with E-state index in [4.69, 9.17) is 4.74 Å². The van der Waals surface area contributed by atoms with Crippen LogP contribution in [0.5, 0.6) is 5.75 Å². The lowest BCUT2D eigenvalue weighted by Crippen LogP contribution is -2.25. The molecule has 1 aromatic carbocycles. The third-order valence-corrected chi connectivity index (χ3v) is 5.75.